The Bertz CT molecular complexity index is 354. The van der Waals surface area contributed by atoms with Crippen molar-refractivity contribution in [3.05, 3.63) is 16.0 Å². The zero-order valence-corrected chi connectivity index (χ0v) is 11.4. The molecule has 1 N–H and O–H groups in total. The van der Waals surface area contributed by atoms with Crippen molar-refractivity contribution in [2.45, 2.75) is 6.10 Å². The van der Waals surface area contributed by atoms with Crippen molar-refractivity contribution >= 4 is 33.3 Å². The second kappa shape index (κ2) is 6.34. The van der Waals surface area contributed by atoms with Gasteiger partial charge in [-0.25, -0.2) is 4.98 Å². The summed E-state index contributed by atoms with van der Waals surface area (Å²) in [6, 6.07) is 0. The van der Waals surface area contributed by atoms with E-state index in [1.807, 2.05) is 7.05 Å². The number of likely N-dealkylation sites (N-methyl/N-ethyl adjacent to an activating group) is 1. The Labute approximate surface area is 108 Å². The Kier molecular flexibility index (Phi) is 5.40. The molecule has 0 saturated heterocycles. The minimum absolute atomic E-state index is 0.172. The number of hydrogen-bond donors (Lipinski definition) is 1. The van der Waals surface area contributed by atoms with Gasteiger partial charge in [0, 0.05) is 26.9 Å². The Morgan fingerprint density at radius 2 is 2.38 bits per heavy atom. The van der Waals surface area contributed by atoms with Crippen LogP contribution in [0.3, 0.4) is 0 Å². The number of rotatable bonds is 5. The first-order valence-electron chi connectivity index (χ1n) is 4.60. The van der Waals surface area contributed by atoms with Crippen LogP contribution in [-0.2, 0) is 4.74 Å². The lowest BCUT2D eigenvalue weighted by Gasteiger charge is -2.22. The predicted molar refractivity (Wildman–Crippen MR) is 65.9 cm³/mol. The second-order valence-corrected chi connectivity index (χ2v) is 4.49. The summed E-state index contributed by atoms with van der Waals surface area (Å²) in [7, 11) is 3.35. The van der Waals surface area contributed by atoms with E-state index in [1.165, 1.54) is 0 Å². The third-order valence-electron chi connectivity index (χ3n) is 1.90. The lowest BCUT2D eigenvalue weighted by Crippen LogP contribution is -2.32. The van der Waals surface area contributed by atoms with Crippen molar-refractivity contribution in [1.82, 2.24) is 9.97 Å². The summed E-state index contributed by atoms with van der Waals surface area (Å²) in [4.78, 5) is 9.68. The molecule has 1 aromatic heterocycles. The van der Waals surface area contributed by atoms with E-state index in [4.69, 9.17) is 16.3 Å². The van der Waals surface area contributed by atoms with Crippen molar-refractivity contribution in [2.75, 3.05) is 32.2 Å². The van der Waals surface area contributed by atoms with Gasteiger partial charge in [0.25, 0.3) is 0 Å². The highest BCUT2D eigenvalue weighted by molar-refractivity contribution is 9.10. The molecule has 1 aromatic rings. The number of aliphatic hydroxyl groups is 1. The van der Waals surface area contributed by atoms with Gasteiger partial charge >= 0.3 is 0 Å². The highest BCUT2D eigenvalue weighted by Gasteiger charge is 2.13. The average Bonchev–Trinajstić information content (AvgIpc) is 2.21. The van der Waals surface area contributed by atoms with Crippen LogP contribution in [0, 0.1) is 0 Å². The van der Waals surface area contributed by atoms with Crippen LogP contribution in [0.25, 0.3) is 0 Å². The first-order chi connectivity index (χ1) is 7.54. The second-order valence-electron chi connectivity index (χ2n) is 3.30. The number of halogens is 2. The molecule has 0 radical (unpaired) electrons. The zero-order valence-electron chi connectivity index (χ0n) is 9.02. The molecule has 7 heteroatoms. The van der Waals surface area contributed by atoms with Crippen LogP contribution in [0.2, 0.25) is 5.28 Å². The maximum atomic E-state index is 9.58. The van der Waals surface area contributed by atoms with Crippen LogP contribution in [0.4, 0.5) is 5.82 Å². The van der Waals surface area contributed by atoms with Gasteiger partial charge in [-0.3, -0.25) is 0 Å². The first kappa shape index (κ1) is 13.6. The fourth-order valence-corrected chi connectivity index (χ4v) is 1.88. The van der Waals surface area contributed by atoms with E-state index < -0.39 is 6.10 Å². The van der Waals surface area contributed by atoms with Crippen molar-refractivity contribution in [1.29, 1.82) is 0 Å². The highest BCUT2D eigenvalue weighted by atomic mass is 79.9. The van der Waals surface area contributed by atoms with Gasteiger partial charge in [0.15, 0.2) is 0 Å². The molecule has 1 unspecified atom stereocenters. The zero-order chi connectivity index (χ0) is 12.1. The minimum atomic E-state index is -0.573. The van der Waals surface area contributed by atoms with Crippen LogP contribution >= 0.6 is 27.5 Å². The molecule has 0 aromatic carbocycles. The number of ether oxygens (including phenoxy) is 1. The SMILES string of the molecule is COCC(O)CN(C)c1nc(Cl)ncc1Br. The Balaban J connectivity index is 2.72. The number of aromatic nitrogens is 2. The van der Waals surface area contributed by atoms with E-state index in [9.17, 15) is 5.11 Å². The van der Waals surface area contributed by atoms with Gasteiger partial charge in [-0.1, -0.05) is 0 Å². The van der Waals surface area contributed by atoms with Crippen molar-refractivity contribution in [3.8, 4) is 0 Å². The molecule has 0 aliphatic heterocycles. The molecular formula is C9H13BrClN3O2. The molecule has 0 aliphatic rings. The molecule has 1 atom stereocenters. The molecule has 5 nitrogen and oxygen atoms in total. The van der Waals surface area contributed by atoms with E-state index >= 15 is 0 Å². The highest BCUT2D eigenvalue weighted by Crippen LogP contribution is 2.23. The fraction of sp³-hybridized carbons (Fsp3) is 0.556. The Hall–Kier alpha value is -0.430. The molecule has 0 aliphatic carbocycles. The summed E-state index contributed by atoms with van der Waals surface area (Å²) in [6.07, 6.45) is 1.000. The summed E-state index contributed by atoms with van der Waals surface area (Å²) in [5.41, 5.74) is 0. The van der Waals surface area contributed by atoms with E-state index in [2.05, 4.69) is 25.9 Å². The number of hydrogen-bond acceptors (Lipinski definition) is 5. The normalized spacial score (nSPS) is 12.6. The lowest BCUT2D eigenvalue weighted by molar-refractivity contribution is 0.0694. The Morgan fingerprint density at radius 1 is 1.69 bits per heavy atom. The Morgan fingerprint density at radius 3 is 3.00 bits per heavy atom. The number of anilines is 1. The molecule has 0 bridgehead atoms. The molecule has 1 rings (SSSR count). The molecule has 0 fully saturated rings. The van der Waals surface area contributed by atoms with E-state index in [1.54, 1.807) is 18.2 Å². The molecule has 90 valence electrons. The topological polar surface area (TPSA) is 58.5 Å². The molecule has 0 spiro atoms. The average molecular weight is 311 g/mol. The van der Waals surface area contributed by atoms with Gasteiger partial charge in [-0.2, -0.15) is 4.98 Å². The quantitative estimate of drug-likeness (QED) is 0.832. The maximum absolute atomic E-state index is 9.58. The number of aliphatic hydroxyl groups excluding tert-OH is 1. The lowest BCUT2D eigenvalue weighted by atomic mass is 10.3. The van der Waals surface area contributed by atoms with Crippen molar-refractivity contribution < 1.29 is 9.84 Å². The first-order valence-corrected chi connectivity index (χ1v) is 5.78. The van der Waals surface area contributed by atoms with Gasteiger partial charge in [-0.05, 0) is 27.5 Å². The molecule has 1 heterocycles. The number of methoxy groups -OCH3 is 1. The minimum Gasteiger partial charge on any atom is -0.389 e. The van der Waals surface area contributed by atoms with Gasteiger partial charge in [-0.15, -0.1) is 0 Å². The van der Waals surface area contributed by atoms with Gasteiger partial charge in [0.1, 0.15) is 5.82 Å². The summed E-state index contributed by atoms with van der Waals surface area (Å²) >= 11 is 9.02. The molecule has 16 heavy (non-hydrogen) atoms. The summed E-state index contributed by atoms with van der Waals surface area (Å²) < 4.78 is 5.57. The van der Waals surface area contributed by atoms with Crippen LogP contribution in [0.15, 0.2) is 10.7 Å². The smallest absolute Gasteiger partial charge is 0.224 e. The van der Waals surface area contributed by atoms with E-state index in [-0.39, 0.29) is 11.9 Å². The van der Waals surface area contributed by atoms with Gasteiger partial charge < -0.3 is 14.7 Å². The van der Waals surface area contributed by atoms with Crippen molar-refractivity contribution in [2.24, 2.45) is 0 Å². The summed E-state index contributed by atoms with van der Waals surface area (Å²) in [6.45, 7) is 0.681. The van der Waals surface area contributed by atoms with E-state index in [0.29, 0.717) is 12.4 Å². The van der Waals surface area contributed by atoms with Gasteiger partial charge in [0.2, 0.25) is 5.28 Å². The number of nitrogens with zero attached hydrogens (tertiary/aromatic N) is 3. The largest absolute Gasteiger partial charge is 0.389 e. The van der Waals surface area contributed by atoms with Gasteiger partial charge in [0.05, 0.1) is 17.2 Å². The third-order valence-corrected chi connectivity index (χ3v) is 2.64. The monoisotopic (exact) mass is 309 g/mol. The fourth-order valence-electron chi connectivity index (χ4n) is 1.25. The maximum Gasteiger partial charge on any atom is 0.224 e. The standard InChI is InChI=1S/C9H13BrClN3O2/c1-14(4-6(15)5-16-2)8-7(10)3-12-9(11)13-8/h3,6,15H,4-5H2,1-2H3. The molecule has 0 saturated carbocycles. The molecule has 0 amide bonds. The van der Waals surface area contributed by atoms with Crippen LogP contribution in [0.1, 0.15) is 0 Å². The van der Waals surface area contributed by atoms with E-state index in [0.717, 1.165) is 4.47 Å². The van der Waals surface area contributed by atoms with Crippen LogP contribution in [0.5, 0.6) is 0 Å². The summed E-state index contributed by atoms with van der Waals surface area (Å²) in [5, 5.41) is 9.76. The third kappa shape index (κ3) is 3.86. The summed E-state index contributed by atoms with van der Waals surface area (Å²) in [5.74, 6) is 0.634. The van der Waals surface area contributed by atoms with Crippen LogP contribution < -0.4 is 4.90 Å². The van der Waals surface area contributed by atoms with Crippen molar-refractivity contribution in [3.63, 3.8) is 0 Å². The molecular weight excluding hydrogens is 297 g/mol. The predicted octanol–water partition coefficient (Wildman–Crippen LogP) is 1.34. The van der Waals surface area contributed by atoms with Crippen LogP contribution in [-0.4, -0.2) is 48.5 Å².